The molecule has 6 nitrogen and oxygen atoms in total. The molecule has 0 aliphatic rings. The summed E-state index contributed by atoms with van der Waals surface area (Å²) in [4.78, 5) is 25.6. The number of aromatic nitrogens is 1. The Labute approximate surface area is 98.6 Å². The lowest BCUT2D eigenvalue weighted by Gasteiger charge is -2.05. The molecule has 0 amide bonds. The molecule has 0 unspecified atom stereocenters. The molecule has 0 radical (unpaired) electrons. The van der Waals surface area contributed by atoms with Crippen LogP contribution in [0.5, 0.6) is 0 Å². The van der Waals surface area contributed by atoms with E-state index in [-0.39, 0.29) is 6.42 Å². The highest BCUT2D eigenvalue weighted by Gasteiger charge is 2.06. The second kappa shape index (κ2) is 6.47. The van der Waals surface area contributed by atoms with Crippen LogP contribution in [0.3, 0.4) is 0 Å². The Kier molecular flexibility index (Phi) is 4.93. The maximum Gasteiger partial charge on any atom is 0.339 e. The largest absolute Gasteiger partial charge is 0.481 e. The Morgan fingerprint density at radius 1 is 1.47 bits per heavy atom. The van der Waals surface area contributed by atoms with Gasteiger partial charge in [0.25, 0.3) is 0 Å². The average Bonchev–Trinajstić information content (AvgIpc) is 2.30. The fraction of sp³-hybridized carbons (Fsp3) is 0.364. The molecule has 0 aliphatic heterocycles. The number of aliphatic carboxylic acids is 1. The predicted molar refractivity (Wildman–Crippen MR) is 60.9 cm³/mol. The Hall–Kier alpha value is -2.11. The monoisotopic (exact) mass is 238 g/mol. The van der Waals surface area contributed by atoms with Crippen LogP contribution in [-0.4, -0.2) is 35.2 Å². The van der Waals surface area contributed by atoms with Crippen molar-refractivity contribution in [2.24, 2.45) is 0 Å². The number of carboxylic acids is 1. The van der Waals surface area contributed by atoms with Crippen LogP contribution in [0.15, 0.2) is 18.3 Å². The zero-order valence-electron chi connectivity index (χ0n) is 9.47. The second-order valence-corrected chi connectivity index (χ2v) is 3.22. The molecular weight excluding hydrogens is 224 g/mol. The lowest BCUT2D eigenvalue weighted by atomic mass is 10.3. The van der Waals surface area contributed by atoms with Gasteiger partial charge in [0.05, 0.1) is 18.6 Å². The van der Waals surface area contributed by atoms with Crippen LogP contribution in [0.1, 0.15) is 23.7 Å². The number of esters is 1. The van der Waals surface area contributed by atoms with E-state index in [1.165, 1.54) is 6.20 Å². The lowest BCUT2D eigenvalue weighted by molar-refractivity contribution is -0.136. The second-order valence-electron chi connectivity index (χ2n) is 3.22. The summed E-state index contributed by atoms with van der Waals surface area (Å²) < 4.78 is 4.80. The van der Waals surface area contributed by atoms with Crippen molar-refractivity contribution < 1.29 is 19.4 Å². The maximum atomic E-state index is 11.3. The number of ether oxygens (including phenoxy) is 1. The van der Waals surface area contributed by atoms with Crippen LogP contribution in [0, 0.1) is 0 Å². The summed E-state index contributed by atoms with van der Waals surface area (Å²) in [6, 6.07) is 3.18. The number of carboxylic acid groups (broad SMARTS) is 1. The Bertz CT molecular complexity index is 389. The number of nitrogens with zero attached hydrogens (tertiary/aromatic N) is 1. The van der Waals surface area contributed by atoms with Gasteiger partial charge in [-0.2, -0.15) is 0 Å². The van der Waals surface area contributed by atoms with Crippen molar-refractivity contribution in [1.82, 2.24) is 4.98 Å². The average molecular weight is 238 g/mol. The first-order chi connectivity index (χ1) is 8.13. The molecule has 6 heteroatoms. The van der Waals surface area contributed by atoms with E-state index < -0.39 is 11.9 Å². The van der Waals surface area contributed by atoms with Crippen molar-refractivity contribution in [3.8, 4) is 0 Å². The van der Waals surface area contributed by atoms with E-state index in [4.69, 9.17) is 9.84 Å². The van der Waals surface area contributed by atoms with Gasteiger partial charge in [-0.05, 0) is 19.1 Å². The van der Waals surface area contributed by atoms with Crippen molar-refractivity contribution in [3.63, 3.8) is 0 Å². The van der Waals surface area contributed by atoms with Gasteiger partial charge in [-0.15, -0.1) is 0 Å². The van der Waals surface area contributed by atoms with Crippen LogP contribution < -0.4 is 5.32 Å². The number of hydrogen-bond donors (Lipinski definition) is 2. The van der Waals surface area contributed by atoms with Crippen LogP contribution >= 0.6 is 0 Å². The molecule has 1 heterocycles. The summed E-state index contributed by atoms with van der Waals surface area (Å²) in [5, 5.41) is 11.3. The maximum absolute atomic E-state index is 11.3. The molecule has 0 saturated heterocycles. The van der Waals surface area contributed by atoms with Crippen molar-refractivity contribution in [2.75, 3.05) is 18.5 Å². The molecule has 2 N–H and O–H groups in total. The highest BCUT2D eigenvalue weighted by Crippen LogP contribution is 2.06. The van der Waals surface area contributed by atoms with E-state index in [1.807, 2.05) is 0 Å². The van der Waals surface area contributed by atoms with E-state index >= 15 is 0 Å². The summed E-state index contributed by atoms with van der Waals surface area (Å²) >= 11 is 0. The molecule has 0 bridgehead atoms. The third kappa shape index (κ3) is 4.50. The SMILES string of the molecule is CCOC(=O)c1ccc(NCCC(=O)O)nc1. The number of anilines is 1. The Morgan fingerprint density at radius 2 is 2.24 bits per heavy atom. The fourth-order valence-electron chi connectivity index (χ4n) is 1.13. The number of rotatable bonds is 6. The molecule has 0 saturated carbocycles. The minimum absolute atomic E-state index is 0.0152. The summed E-state index contributed by atoms with van der Waals surface area (Å²) in [7, 11) is 0. The zero-order chi connectivity index (χ0) is 12.7. The van der Waals surface area contributed by atoms with Gasteiger partial charge in [-0.25, -0.2) is 9.78 Å². The van der Waals surface area contributed by atoms with E-state index in [9.17, 15) is 9.59 Å². The molecule has 1 rings (SSSR count). The number of carbonyl (C=O) groups excluding carboxylic acids is 1. The fourth-order valence-corrected chi connectivity index (χ4v) is 1.13. The standard InChI is InChI=1S/C11H14N2O4/c1-2-17-11(16)8-3-4-9(13-7-8)12-6-5-10(14)15/h3-4,7H,2,5-6H2,1H3,(H,12,13)(H,14,15). The first-order valence-corrected chi connectivity index (χ1v) is 5.22. The molecule has 0 fully saturated rings. The molecule has 0 atom stereocenters. The number of hydrogen-bond acceptors (Lipinski definition) is 5. The minimum atomic E-state index is -0.874. The Morgan fingerprint density at radius 3 is 2.76 bits per heavy atom. The number of carbonyl (C=O) groups is 2. The van der Waals surface area contributed by atoms with E-state index in [0.717, 1.165) is 0 Å². The van der Waals surface area contributed by atoms with Gasteiger partial charge in [0, 0.05) is 12.7 Å². The summed E-state index contributed by atoms with van der Waals surface area (Å²) in [5.74, 6) is -0.767. The quantitative estimate of drug-likeness (QED) is 0.722. The smallest absolute Gasteiger partial charge is 0.339 e. The molecular formula is C11H14N2O4. The highest BCUT2D eigenvalue weighted by atomic mass is 16.5. The highest BCUT2D eigenvalue weighted by molar-refractivity contribution is 5.89. The Balaban J connectivity index is 2.50. The van der Waals surface area contributed by atoms with Crippen molar-refractivity contribution in [2.45, 2.75) is 13.3 Å². The molecule has 0 aliphatic carbocycles. The van der Waals surface area contributed by atoms with Crippen molar-refractivity contribution in [1.29, 1.82) is 0 Å². The van der Waals surface area contributed by atoms with Crippen LogP contribution in [-0.2, 0) is 9.53 Å². The third-order valence-electron chi connectivity index (χ3n) is 1.92. The van der Waals surface area contributed by atoms with E-state index in [1.54, 1.807) is 19.1 Å². The van der Waals surface area contributed by atoms with Gasteiger partial charge < -0.3 is 15.2 Å². The molecule has 1 aromatic heterocycles. The summed E-state index contributed by atoms with van der Waals surface area (Å²) in [6.45, 7) is 2.34. The topological polar surface area (TPSA) is 88.5 Å². The van der Waals surface area contributed by atoms with Crippen molar-refractivity contribution >= 4 is 17.8 Å². The number of pyridine rings is 1. The molecule has 17 heavy (non-hydrogen) atoms. The van der Waals surface area contributed by atoms with E-state index in [2.05, 4.69) is 10.3 Å². The third-order valence-corrected chi connectivity index (χ3v) is 1.92. The molecule has 0 aromatic carbocycles. The van der Waals surface area contributed by atoms with Gasteiger partial charge in [0.15, 0.2) is 0 Å². The van der Waals surface area contributed by atoms with Gasteiger partial charge >= 0.3 is 11.9 Å². The van der Waals surface area contributed by atoms with Gasteiger partial charge in [-0.1, -0.05) is 0 Å². The van der Waals surface area contributed by atoms with E-state index in [0.29, 0.717) is 24.5 Å². The normalized spacial score (nSPS) is 9.71. The summed E-state index contributed by atoms with van der Waals surface area (Å²) in [6.07, 6.45) is 1.41. The molecule has 92 valence electrons. The first-order valence-electron chi connectivity index (χ1n) is 5.22. The minimum Gasteiger partial charge on any atom is -0.481 e. The zero-order valence-corrected chi connectivity index (χ0v) is 9.47. The molecule has 0 spiro atoms. The van der Waals surface area contributed by atoms with Gasteiger partial charge in [0.2, 0.25) is 0 Å². The summed E-state index contributed by atoms with van der Waals surface area (Å²) in [5.41, 5.74) is 0.371. The lowest BCUT2D eigenvalue weighted by Crippen LogP contribution is -2.09. The van der Waals surface area contributed by atoms with Crippen LogP contribution in [0.2, 0.25) is 0 Å². The van der Waals surface area contributed by atoms with Crippen LogP contribution in [0.25, 0.3) is 0 Å². The first kappa shape index (κ1) is 13.0. The van der Waals surface area contributed by atoms with Gasteiger partial charge in [-0.3, -0.25) is 4.79 Å². The van der Waals surface area contributed by atoms with Crippen molar-refractivity contribution in [3.05, 3.63) is 23.9 Å². The number of nitrogens with one attached hydrogen (secondary N) is 1. The molecule has 1 aromatic rings. The van der Waals surface area contributed by atoms with Gasteiger partial charge in [0.1, 0.15) is 5.82 Å². The van der Waals surface area contributed by atoms with Crippen LogP contribution in [0.4, 0.5) is 5.82 Å². The predicted octanol–water partition coefficient (Wildman–Crippen LogP) is 1.14.